The minimum absolute atomic E-state index is 0.0431. The lowest BCUT2D eigenvalue weighted by Crippen LogP contribution is -2.44. The number of halogens is 1. The van der Waals surface area contributed by atoms with E-state index in [1.807, 2.05) is 0 Å². The highest BCUT2D eigenvalue weighted by atomic mass is 19.1. The number of benzene rings is 1. The van der Waals surface area contributed by atoms with Crippen LogP contribution in [0.5, 0.6) is 0 Å². The number of hydrogen-bond donors (Lipinski definition) is 2. The molecule has 6 nitrogen and oxygen atoms in total. The van der Waals surface area contributed by atoms with Gasteiger partial charge in [-0.15, -0.1) is 0 Å². The van der Waals surface area contributed by atoms with Crippen LogP contribution in [0.25, 0.3) is 0 Å². The van der Waals surface area contributed by atoms with Crippen LogP contribution < -0.4 is 5.32 Å². The molecule has 0 saturated heterocycles. The van der Waals surface area contributed by atoms with Gasteiger partial charge in [-0.3, -0.25) is 14.9 Å². The highest BCUT2D eigenvalue weighted by molar-refractivity contribution is 5.98. The molecule has 0 aliphatic heterocycles. The zero-order chi connectivity index (χ0) is 14.8. The van der Waals surface area contributed by atoms with Gasteiger partial charge in [-0.1, -0.05) is 6.42 Å². The molecule has 1 aromatic rings. The maximum Gasteiger partial charge on any atom is 0.282 e. The average molecular weight is 282 g/mol. The molecule has 7 heteroatoms. The predicted octanol–water partition coefficient (Wildman–Crippen LogP) is 1.63. The molecule has 1 amide bonds. The molecule has 1 fully saturated rings. The number of aliphatic hydroxyl groups excluding tert-OH is 1. The summed E-state index contributed by atoms with van der Waals surface area (Å²) in [7, 11) is 0. The van der Waals surface area contributed by atoms with Gasteiger partial charge in [-0.25, -0.2) is 4.39 Å². The number of rotatable bonds is 5. The third kappa shape index (κ3) is 2.77. The van der Waals surface area contributed by atoms with Crippen molar-refractivity contribution in [1.29, 1.82) is 0 Å². The van der Waals surface area contributed by atoms with Crippen LogP contribution in [0.2, 0.25) is 0 Å². The van der Waals surface area contributed by atoms with Gasteiger partial charge >= 0.3 is 0 Å². The van der Waals surface area contributed by atoms with E-state index in [9.17, 15) is 24.4 Å². The smallest absolute Gasteiger partial charge is 0.282 e. The summed E-state index contributed by atoms with van der Waals surface area (Å²) in [5.41, 5.74) is -1.07. The SMILES string of the molecule is O=C(NCC1(CO)CCC1)c1cc(F)ccc1[N+](=O)[O-]. The number of carbonyl (C=O) groups is 1. The summed E-state index contributed by atoms with van der Waals surface area (Å²) < 4.78 is 13.1. The van der Waals surface area contributed by atoms with E-state index in [0.717, 1.165) is 37.5 Å². The van der Waals surface area contributed by atoms with Gasteiger partial charge in [0.2, 0.25) is 0 Å². The largest absolute Gasteiger partial charge is 0.396 e. The van der Waals surface area contributed by atoms with E-state index in [1.54, 1.807) is 0 Å². The molecule has 0 spiro atoms. The molecule has 0 aromatic heterocycles. The number of hydrogen-bond acceptors (Lipinski definition) is 4. The molecule has 0 heterocycles. The van der Waals surface area contributed by atoms with Crippen LogP contribution in [-0.2, 0) is 0 Å². The zero-order valence-corrected chi connectivity index (χ0v) is 10.8. The van der Waals surface area contributed by atoms with E-state index in [1.165, 1.54) is 0 Å². The van der Waals surface area contributed by atoms with Gasteiger partial charge in [0.25, 0.3) is 11.6 Å². The van der Waals surface area contributed by atoms with Gasteiger partial charge in [0, 0.05) is 18.0 Å². The van der Waals surface area contributed by atoms with Gasteiger partial charge in [-0.2, -0.15) is 0 Å². The monoisotopic (exact) mass is 282 g/mol. The van der Waals surface area contributed by atoms with Crippen molar-refractivity contribution in [3.05, 3.63) is 39.7 Å². The molecule has 1 aliphatic carbocycles. The number of nitro groups is 1. The van der Waals surface area contributed by atoms with Crippen LogP contribution in [0.1, 0.15) is 29.6 Å². The highest BCUT2D eigenvalue weighted by Crippen LogP contribution is 2.39. The van der Waals surface area contributed by atoms with Crippen LogP contribution >= 0.6 is 0 Å². The van der Waals surface area contributed by atoms with Crippen molar-refractivity contribution in [3.63, 3.8) is 0 Å². The Bertz CT molecular complexity index is 538. The van der Waals surface area contributed by atoms with E-state index in [0.29, 0.717) is 0 Å². The van der Waals surface area contributed by atoms with Crippen LogP contribution in [0, 0.1) is 21.3 Å². The molecule has 1 aromatic carbocycles. The normalized spacial score (nSPS) is 16.3. The quantitative estimate of drug-likeness (QED) is 0.634. The van der Waals surface area contributed by atoms with Gasteiger partial charge < -0.3 is 10.4 Å². The molecule has 0 atom stereocenters. The lowest BCUT2D eigenvalue weighted by Gasteiger charge is -2.40. The molecule has 1 aliphatic rings. The second-order valence-electron chi connectivity index (χ2n) is 5.11. The topological polar surface area (TPSA) is 92.5 Å². The van der Waals surface area contributed by atoms with Gasteiger partial charge in [0.1, 0.15) is 11.4 Å². The number of nitro benzene ring substituents is 1. The Kier molecular flexibility index (Phi) is 3.99. The van der Waals surface area contributed by atoms with Crippen molar-refractivity contribution >= 4 is 11.6 Å². The predicted molar refractivity (Wildman–Crippen MR) is 68.8 cm³/mol. The third-order valence-electron chi connectivity index (χ3n) is 3.77. The fourth-order valence-electron chi connectivity index (χ4n) is 2.28. The van der Waals surface area contributed by atoms with Gasteiger partial charge in [0.05, 0.1) is 11.5 Å². The summed E-state index contributed by atoms with van der Waals surface area (Å²) in [4.78, 5) is 22.1. The van der Waals surface area contributed by atoms with Crippen molar-refractivity contribution in [2.45, 2.75) is 19.3 Å². The summed E-state index contributed by atoms with van der Waals surface area (Å²) in [5, 5.41) is 22.7. The maximum absolute atomic E-state index is 13.1. The molecule has 0 radical (unpaired) electrons. The van der Waals surface area contributed by atoms with Crippen molar-refractivity contribution in [3.8, 4) is 0 Å². The van der Waals surface area contributed by atoms with Crippen molar-refractivity contribution in [2.75, 3.05) is 13.2 Å². The van der Waals surface area contributed by atoms with E-state index in [4.69, 9.17) is 0 Å². The second-order valence-corrected chi connectivity index (χ2v) is 5.11. The fourth-order valence-corrected chi connectivity index (χ4v) is 2.28. The van der Waals surface area contributed by atoms with Crippen LogP contribution in [0.4, 0.5) is 10.1 Å². The molecule has 2 rings (SSSR count). The number of amides is 1. The molecule has 20 heavy (non-hydrogen) atoms. The first-order valence-corrected chi connectivity index (χ1v) is 6.30. The van der Waals surface area contributed by atoms with Crippen LogP contribution in [0.15, 0.2) is 18.2 Å². The highest BCUT2D eigenvalue weighted by Gasteiger charge is 2.37. The number of carbonyl (C=O) groups excluding carboxylic acids is 1. The Morgan fingerprint density at radius 1 is 1.50 bits per heavy atom. The first kappa shape index (κ1) is 14.4. The maximum atomic E-state index is 13.1. The summed E-state index contributed by atoms with van der Waals surface area (Å²) >= 11 is 0. The number of nitrogens with zero attached hydrogens (tertiary/aromatic N) is 1. The molecule has 2 N–H and O–H groups in total. The summed E-state index contributed by atoms with van der Waals surface area (Å²) in [6, 6.07) is 2.76. The van der Waals surface area contributed by atoms with E-state index in [-0.39, 0.29) is 24.1 Å². The second kappa shape index (κ2) is 5.54. The van der Waals surface area contributed by atoms with Gasteiger partial charge in [0.15, 0.2) is 0 Å². The number of nitrogens with one attached hydrogen (secondary N) is 1. The first-order valence-electron chi connectivity index (χ1n) is 6.30. The van der Waals surface area contributed by atoms with Crippen molar-refractivity contribution in [2.24, 2.45) is 5.41 Å². The number of aliphatic hydroxyl groups is 1. The molecule has 0 bridgehead atoms. The molecule has 108 valence electrons. The van der Waals surface area contributed by atoms with E-state index in [2.05, 4.69) is 5.32 Å². The fraction of sp³-hybridized carbons (Fsp3) is 0.462. The standard InChI is InChI=1S/C13H15FN2O4/c14-9-2-3-11(16(19)20)10(6-9)12(18)15-7-13(8-17)4-1-5-13/h2-3,6,17H,1,4-5,7-8H2,(H,15,18). The summed E-state index contributed by atoms with van der Waals surface area (Å²) in [6.45, 7) is 0.189. The molecular weight excluding hydrogens is 267 g/mol. The average Bonchev–Trinajstić information content (AvgIpc) is 2.37. The Balaban J connectivity index is 2.12. The van der Waals surface area contributed by atoms with Crippen LogP contribution in [-0.4, -0.2) is 29.1 Å². The summed E-state index contributed by atoms with van der Waals surface area (Å²) in [5.74, 6) is -1.41. The Morgan fingerprint density at radius 2 is 2.20 bits per heavy atom. The Hall–Kier alpha value is -2.02. The Labute approximate surface area is 114 Å². The Morgan fingerprint density at radius 3 is 2.70 bits per heavy atom. The first-order chi connectivity index (χ1) is 9.47. The minimum atomic E-state index is -0.723. The third-order valence-corrected chi connectivity index (χ3v) is 3.77. The molecule has 1 saturated carbocycles. The summed E-state index contributed by atoms with van der Waals surface area (Å²) in [6.07, 6.45) is 2.58. The van der Waals surface area contributed by atoms with Crippen molar-refractivity contribution in [1.82, 2.24) is 5.32 Å². The van der Waals surface area contributed by atoms with Gasteiger partial charge in [-0.05, 0) is 25.0 Å². The zero-order valence-electron chi connectivity index (χ0n) is 10.8. The molecular formula is C13H15FN2O4. The lowest BCUT2D eigenvalue weighted by molar-refractivity contribution is -0.385. The minimum Gasteiger partial charge on any atom is -0.396 e. The van der Waals surface area contributed by atoms with Crippen molar-refractivity contribution < 1.29 is 19.2 Å². The van der Waals surface area contributed by atoms with E-state index < -0.39 is 22.3 Å². The van der Waals surface area contributed by atoms with E-state index >= 15 is 0 Å². The molecule has 0 unspecified atom stereocenters. The van der Waals surface area contributed by atoms with Crippen LogP contribution in [0.3, 0.4) is 0 Å². The lowest BCUT2D eigenvalue weighted by atomic mass is 9.69.